The normalized spacial score (nSPS) is 23.3. The molecule has 136 valence electrons. The fraction of sp³-hybridized carbons (Fsp3) is 1.00. The molecule has 1 aliphatic heterocycles. The van der Waals surface area contributed by atoms with Gasteiger partial charge in [-0.15, -0.1) is 0 Å². The van der Waals surface area contributed by atoms with Gasteiger partial charge in [0.15, 0.2) is 0 Å². The molecule has 0 aromatic carbocycles. The minimum Gasteiger partial charge on any atom is -0.378 e. The van der Waals surface area contributed by atoms with Gasteiger partial charge in [-0.25, -0.2) is 0 Å². The molecule has 23 heavy (non-hydrogen) atoms. The third-order valence-electron chi connectivity index (χ3n) is 6.41. The molecule has 0 bridgehead atoms. The average molecular weight is 324 g/mol. The summed E-state index contributed by atoms with van der Waals surface area (Å²) < 4.78 is 6.09. The van der Waals surface area contributed by atoms with Crippen LogP contribution in [0.1, 0.15) is 85.5 Å². The molecular formula is C21H41NO. The van der Waals surface area contributed by atoms with Gasteiger partial charge in [0.25, 0.3) is 0 Å². The van der Waals surface area contributed by atoms with E-state index >= 15 is 0 Å². The maximum absolute atomic E-state index is 6.09. The quantitative estimate of drug-likeness (QED) is 0.491. The minimum atomic E-state index is 0.580. The maximum Gasteiger partial charge on any atom is 0.0585 e. The highest BCUT2D eigenvalue weighted by molar-refractivity contribution is 4.97. The molecule has 2 fully saturated rings. The molecule has 1 saturated carbocycles. The first-order chi connectivity index (χ1) is 11.0. The average Bonchev–Trinajstić information content (AvgIpc) is 2.50. The molecule has 1 spiro atoms. The monoisotopic (exact) mass is 323 g/mol. The molecule has 1 unspecified atom stereocenters. The van der Waals surface area contributed by atoms with Crippen molar-refractivity contribution < 1.29 is 4.74 Å². The zero-order valence-electron chi connectivity index (χ0n) is 16.3. The van der Waals surface area contributed by atoms with Crippen LogP contribution in [0.5, 0.6) is 0 Å². The van der Waals surface area contributed by atoms with Crippen LogP contribution >= 0.6 is 0 Å². The number of piperidine rings is 1. The topological polar surface area (TPSA) is 12.5 Å². The number of likely N-dealkylation sites (tertiary alicyclic amines) is 1. The van der Waals surface area contributed by atoms with Gasteiger partial charge >= 0.3 is 0 Å². The minimum absolute atomic E-state index is 0.580. The van der Waals surface area contributed by atoms with E-state index in [0.29, 0.717) is 11.5 Å². The van der Waals surface area contributed by atoms with Crippen molar-refractivity contribution in [1.29, 1.82) is 0 Å². The molecule has 1 saturated heterocycles. The first kappa shape index (κ1) is 19.2. The zero-order valence-corrected chi connectivity index (χ0v) is 16.3. The Kier molecular flexibility index (Phi) is 7.88. The van der Waals surface area contributed by atoms with Crippen LogP contribution in [0.4, 0.5) is 0 Å². The Hall–Kier alpha value is -0.0800. The van der Waals surface area contributed by atoms with Gasteiger partial charge in [0.05, 0.1) is 6.10 Å². The Balaban J connectivity index is 1.52. The predicted octanol–water partition coefficient (Wildman–Crippen LogP) is 5.51. The van der Waals surface area contributed by atoms with Crippen molar-refractivity contribution in [3.63, 3.8) is 0 Å². The van der Waals surface area contributed by atoms with Crippen LogP contribution in [0.2, 0.25) is 0 Å². The van der Waals surface area contributed by atoms with Gasteiger partial charge < -0.3 is 9.64 Å². The van der Waals surface area contributed by atoms with E-state index in [9.17, 15) is 0 Å². The second kappa shape index (κ2) is 9.42. The first-order valence-electron chi connectivity index (χ1n) is 10.4. The van der Waals surface area contributed by atoms with E-state index in [-0.39, 0.29) is 0 Å². The zero-order chi connectivity index (χ0) is 16.7. The molecule has 1 heterocycles. The number of hydrogen-bond acceptors (Lipinski definition) is 2. The van der Waals surface area contributed by atoms with Crippen molar-refractivity contribution in [3.8, 4) is 0 Å². The van der Waals surface area contributed by atoms with Crippen LogP contribution in [-0.4, -0.2) is 37.2 Å². The molecule has 0 radical (unpaired) electrons. The van der Waals surface area contributed by atoms with Crippen LogP contribution in [0, 0.1) is 17.3 Å². The SMILES string of the molecule is CCC(C)CCOC1CC2(CCN(CCCCC(C)C)CC2)C1. The van der Waals surface area contributed by atoms with Crippen LogP contribution in [-0.2, 0) is 4.74 Å². The van der Waals surface area contributed by atoms with Gasteiger partial charge in [-0.2, -0.15) is 0 Å². The van der Waals surface area contributed by atoms with Crippen LogP contribution in [0.15, 0.2) is 0 Å². The summed E-state index contributed by atoms with van der Waals surface area (Å²) in [7, 11) is 0. The molecule has 0 aromatic heterocycles. The van der Waals surface area contributed by atoms with Crippen LogP contribution in [0.3, 0.4) is 0 Å². The first-order valence-corrected chi connectivity index (χ1v) is 10.4. The summed E-state index contributed by atoms with van der Waals surface area (Å²) in [6, 6.07) is 0. The van der Waals surface area contributed by atoms with Crippen molar-refractivity contribution in [3.05, 3.63) is 0 Å². The number of hydrogen-bond donors (Lipinski definition) is 0. The van der Waals surface area contributed by atoms with Crippen LogP contribution < -0.4 is 0 Å². The van der Waals surface area contributed by atoms with E-state index in [1.165, 1.54) is 77.4 Å². The molecule has 1 aliphatic carbocycles. The molecule has 0 N–H and O–H groups in total. The van der Waals surface area contributed by atoms with Gasteiger partial charge in [0, 0.05) is 6.61 Å². The highest BCUT2D eigenvalue weighted by Gasteiger charge is 2.46. The lowest BCUT2D eigenvalue weighted by atomic mass is 9.61. The fourth-order valence-electron chi connectivity index (χ4n) is 4.21. The number of ether oxygens (including phenoxy) is 1. The summed E-state index contributed by atoms with van der Waals surface area (Å²) in [5.74, 6) is 1.69. The summed E-state index contributed by atoms with van der Waals surface area (Å²) in [5.41, 5.74) is 0.662. The molecule has 0 amide bonds. The predicted molar refractivity (Wildman–Crippen MR) is 99.8 cm³/mol. The highest BCUT2D eigenvalue weighted by atomic mass is 16.5. The summed E-state index contributed by atoms with van der Waals surface area (Å²) in [6.07, 6.45) is 12.8. The molecule has 2 aliphatic rings. The van der Waals surface area contributed by atoms with Crippen molar-refractivity contribution in [1.82, 2.24) is 4.90 Å². The summed E-state index contributed by atoms with van der Waals surface area (Å²) in [5, 5.41) is 0. The molecule has 0 aromatic rings. The smallest absolute Gasteiger partial charge is 0.0585 e. The van der Waals surface area contributed by atoms with E-state index in [2.05, 4.69) is 32.6 Å². The third kappa shape index (κ3) is 6.38. The second-order valence-corrected chi connectivity index (χ2v) is 8.93. The molecule has 2 rings (SSSR count). The third-order valence-corrected chi connectivity index (χ3v) is 6.41. The van der Waals surface area contributed by atoms with Gasteiger partial charge in [-0.1, -0.05) is 47.0 Å². The Morgan fingerprint density at radius 1 is 1.04 bits per heavy atom. The van der Waals surface area contributed by atoms with E-state index in [0.717, 1.165) is 18.4 Å². The summed E-state index contributed by atoms with van der Waals surface area (Å²) in [4.78, 5) is 2.71. The Bertz CT molecular complexity index is 312. The van der Waals surface area contributed by atoms with Crippen molar-refractivity contribution in [2.45, 2.75) is 91.6 Å². The Labute approximate surface area is 145 Å². The van der Waals surface area contributed by atoms with Gasteiger partial charge in [-0.3, -0.25) is 0 Å². The van der Waals surface area contributed by atoms with E-state index in [1.807, 2.05) is 0 Å². The van der Waals surface area contributed by atoms with E-state index in [1.54, 1.807) is 0 Å². The van der Waals surface area contributed by atoms with Gasteiger partial charge in [0.2, 0.25) is 0 Å². The Morgan fingerprint density at radius 2 is 1.74 bits per heavy atom. The Morgan fingerprint density at radius 3 is 2.35 bits per heavy atom. The lowest BCUT2D eigenvalue weighted by Gasteiger charge is -2.52. The summed E-state index contributed by atoms with van der Waals surface area (Å²) >= 11 is 0. The van der Waals surface area contributed by atoms with Gasteiger partial charge in [-0.05, 0) is 75.4 Å². The second-order valence-electron chi connectivity index (χ2n) is 8.93. The molecule has 2 nitrogen and oxygen atoms in total. The number of unbranched alkanes of at least 4 members (excludes halogenated alkanes) is 1. The fourth-order valence-corrected chi connectivity index (χ4v) is 4.21. The van der Waals surface area contributed by atoms with Crippen molar-refractivity contribution in [2.75, 3.05) is 26.2 Å². The number of rotatable bonds is 10. The van der Waals surface area contributed by atoms with E-state index in [4.69, 9.17) is 4.74 Å². The lowest BCUT2D eigenvalue weighted by molar-refractivity contribution is -0.106. The number of nitrogens with zero attached hydrogens (tertiary/aromatic N) is 1. The van der Waals surface area contributed by atoms with Crippen LogP contribution in [0.25, 0.3) is 0 Å². The highest BCUT2D eigenvalue weighted by Crippen LogP contribution is 2.50. The molecule has 2 heteroatoms. The molecular weight excluding hydrogens is 282 g/mol. The van der Waals surface area contributed by atoms with Gasteiger partial charge in [0.1, 0.15) is 0 Å². The molecule has 1 atom stereocenters. The largest absolute Gasteiger partial charge is 0.378 e. The lowest BCUT2D eigenvalue weighted by Crippen LogP contribution is -2.50. The maximum atomic E-state index is 6.09. The van der Waals surface area contributed by atoms with Crippen molar-refractivity contribution >= 4 is 0 Å². The van der Waals surface area contributed by atoms with Crippen molar-refractivity contribution in [2.24, 2.45) is 17.3 Å². The van der Waals surface area contributed by atoms with E-state index < -0.39 is 0 Å². The summed E-state index contributed by atoms with van der Waals surface area (Å²) in [6.45, 7) is 14.3. The standard InChI is InChI=1S/C21H41NO/c1-5-19(4)9-15-23-20-16-21(17-20)10-13-22(14-11-21)12-7-6-8-18(2)3/h18-20H,5-17H2,1-4H3.